The lowest BCUT2D eigenvalue weighted by Crippen LogP contribution is -2.11. The van der Waals surface area contributed by atoms with Crippen molar-refractivity contribution in [1.29, 1.82) is 0 Å². The first kappa shape index (κ1) is 22.7. The third kappa shape index (κ3) is 5.88. The lowest BCUT2D eigenvalue weighted by atomic mass is 10.0. The monoisotopic (exact) mass is 457 g/mol. The summed E-state index contributed by atoms with van der Waals surface area (Å²) in [5.41, 5.74) is 3.03. The quantitative estimate of drug-likeness (QED) is 0.295. The van der Waals surface area contributed by atoms with Crippen LogP contribution in [0.4, 0.5) is 5.69 Å². The maximum atomic E-state index is 12.8. The van der Waals surface area contributed by atoms with Gasteiger partial charge in [-0.15, -0.1) is 0 Å². The second-order valence-electron chi connectivity index (χ2n) is 8.12. The number of aryl methyl sites for hydroxylation is 1. The molecule has 1 heterocycles. The summed E-state index contributed by atoms with van der Waals surface area (Å²) in [6, 6.07) is 27.5. The van der Waals surface area contributed by atoms with Crippen molar-refractivity contribution in [3.05, 3.63) is 108 Å². The van der Waals surface area contributed by atoms with Crippen molar-refractivity contribution in [2.75, 3.05) is 5.32 Å². The summed E-state index contributed by atoms with van der Waals surface area (Å²) >= 11 is 1.60. The molecule has 0 fully saturated rings. The van der Waals surface area contributed by atoms with Gasteiger partial charge in [0.15, 0.2) is 5.76 Å². The molecule has 4 aromatic rings. The molecule has 3 aromatic carbocycles. The van der Waals surface area contributed by atoms with E-state index in [1.54, 1.807) is 23.9 Å². The molecule has 4 nitrogen and oxygen atoms in total. The molecule has 1 aromatic heterocycles. The Morgan fingerprint density at radius 2 is 1.73 bits per heavy atom. The van der Waals surface area contributed by atoms with E-state index in [9.17, 15) is 4.79 Å². The topological polar surface area (TPSA) is 51.5 Å². The van der Waals surface area contributed by atoms with Crippen LogP contribution in [0.1, 0.15) is 47.2 Å². The molecule has 0 bridgehead atoms. The third-order valence-corrected chi connectivity index (χ3v) is 6.24. The average Bonchev–Trinajstić information content (AvgIpc) is 3.29. The number of nitrogens with one attached hydrogen (secondary N) is 1. The summed E-state index contributed by atoms with van der Waals surface area (Å²) in [6.07, 6.45) is 0. The number of hydrogen-bond donors (Lipinski definition) is 1. The molecular weight excluding hydrogens is 430 g/mol. The molecule has 0 aliphatic heterocycles. The Morgan fingerprint density at radius 3 is 2.52 bits per heavy atom. The van der Waals surface area contributed by atoms with Gasteiger partial charge in [-0.25, -0.2) is 0 Å². The van der Waals surface area contributed by atoms with Crippen LogP contribution in [0.3, 0.4) is 0 Å². The maximum absolute atomic E-state index is 12.8. The molecule has 0 saturated carbocycles. The van der Waals surface area contributed by atoms with E-state index in [0.717, 1.165) is 32.4 Å². The van der Waals surface area contributed by atoms with Crippen LogP contribution in [-0.4, -0.2) is 5.91 Å². The summed E-state index contributed by atoms with van der Waals surface area (Å²) in [7, 11) is 0. The van der Waals surface area contributed by atoms with E-state index in [4.69, 9.17) is 9.15 Å². The predicted molar refractivity (Wildman–Crippen MR) is 133 cm³/mol. The minimum absolute atomic E-state index is 0.251. The molecule has 5 heteroatoms. The van der Waals surface area contributed by atoms with Crippen molar-refractivity contribution >= 4 is 23.4 Å². The van der Waals surface area contributed by atoms with Crippen molar-refractivity contribution in [2.24, 2.45) is 0 Å². The van der Waals surface area contributed by atoms with Crippen LogP contribution < -0.4 is 10.1 Å². The first-order valence-electron chi connectivity index (χ1n) is 10.9. The standard InChI is InChI=1S/C28H27NO3S/c1-19(2)23-15-13-20(3)17-26(23)31-18-21-14-16-25(32-21)28(30)29-24-11-7-8-12-27(24)33-22-9-5-4-6-10-22/h4-17,19H,18H2,1-3H3,(H,29,30). The molecule has 1 amide bonds. The predicted octanol–water partition coefficient (Wildman–Crippen LogP) is 7.69. The van der Waals surface area contributed by atoms with Gasteiger partial charge >= 0.3 is 0 Å². The van der Waals surface area contributed by atoms with Gasteiger partial charge in [0, 0.05) is 9.79 Å². The van der Waals surface area contributed by atoms with Crippen LogP contribution in [-0.2, 0) is 6.61 Å². The van der Waals surface area contributed by atoms with Gasteiger partial charge in [-0.05, 0) is 66.4 Å². The average molecular weight is 458 g/mol. The number of ether oxygens (including phenoxy) is 1. The summed E-state index contributed by atoms with van der Waals surface area (Å²) in [5.74, 6) is 1.76. The van der Waals surface area contributed by atoms with Gasteiger partial charge in [-0.2, -0.15) is 0 Å². The van der Waals surface area contributed by atoms with Crippen molar-refractivity contribution in [3.8, 4) is 5.75 Å². The van der Waals surface area contributed by atoms with Crippen LogP contribution in [0.5, 0.6) is 5.75 Å². The Bertz CT molecular complexity index is 1230. The number of anilines is 1. The number of benzene rings is 3. The van der Waals surface area contributed by atoms with Crippen molar-refractivity contribution in [1.82, 2.24) is 0 Å². The second kappa shape index (κ2) is 10.5. The molecular formula is C28H27NO3S. The van der Waals surface area contributed by atoms with E-state index in [0.29, 0.717) is 11.7 Å². The highest BCUT2D eigenvalue weighted by atomic mass is 32.2. The number of rotatable bonds is 8. The number of carbonyl (C=O) groups is 1. The van der Waals surface area contributed by atoms with Gasteiger partial charge in [-0.3, -0.25) is 4.79 Å². The number of amides is 1. The van der Waals surface area contributed by atoms with Crippen LogP contribution in [0.15, 0.2) is 99.1 Å². The molecule has 1 N–H and O–H groups in total. The minimum Gasteiger partial charge on any atom is -0.485 e. The summed E-state index contributed by atoms with van der Waals surface area (Å²) in [6.45, 7) is 6.58. The van der Waals surface area contributed by atoms with Crippen LogP contribution in [0.2, 0.25) is 0 Å². The van der Waals surface area contributed by atoms with Crippen LogP contribution in [0.25, 0.3) is 0 Å². The smallest absolute Gasteiger partial charge is 0.291 e. The third-order valence-electron chi connectivity index (χ3n) is 5.15. The zero-order valence-corrected chi connectivity index (χ0v) is 19.8. The molecule has 0 aliphatic rings. The Morgan fingerprint density at radius 1 is 0.970 bits per heavy atom. The fourth-order valence-electron chi connectivity index (χ4n) is 3.43. The van der Waals surface area contributed by atoms with Crippen molar-refractivity contribution in [2.45, 2.75) is 43.1 Å². The zero-order chi connectivity index (χ0) is 23.2. The normalized spacial score (nSPS) is 10.9. The van der Waals surface area contributed by atoms with E-state index in [1.807, 2.05) is 67.6 Å². The second-order valence-corrected chi connectivity index (χ2v) is 9.23. The fraction of sp³-hybridized carbons (Fsp3) is 0.179. The summed E-state index contributed by atoms with van der Waals surface area (Å²) in [5, 5.41) is 2.97. The van der Waals surface area contributed by atoms with Gasteiger partial charge in [0.1, 0.15) is 18.1 Å². The minimum atomic E-state index is -0.291. The van der Waals surface area contributed by atoms with Crippen molar-refractivity contribution in [3.63, 3.8) is 0 Å². The molecule has 168 valence electrons. The van der Waals surface area contributed by atoms with Gasteiger partial charge in [-0.1, -0.05) is 68.1 Å². The highest BCUT2D eigenvalue weighted by molar-refractivity contribution is 7.99. The van der Waals surface area contributed by atoms with E-state index in [-0.39, 0.29) is 18.3 Å². The number of hydrogen-bond acceptors (Lipinski definition) is 4. The van der Waals surface area contributed by atoms with E-state index in [2.05, 4.69) is 31.3 Å². The maximum Gasteiger partial charge on any atom is 0.291 e. The zero-order valence-electron chi connectivity index (χ0n) is 19.0. The van der Waals surface area contributed by atoms with E-state index in [1.165, 1.54) is 0 Å². The molecule has 0 saturated heterocycles. The Hall–Kier alpha value is -3.44. The Labute approximate surface area is 199 Å². The summed E-state index contributed by atoms with van der Waals surface area (Å²) in [4.78, 5) is 14.9. The lowest BCUT2D eigenvalue weighted by molar-refractivity contribution is 0.0992. The van der Waals surface area contributed by atoms with E-state index >= 15 is 0 Å². The largest absolute Gasteiger partial charge is 0.485 e. The fourth-order valence-corrected chi connectivity index (χ4v) is 4.35. The number of para-hydroxylation sites is 1. The van der Waals surface area contributed by atoms with Gasteiger partial charge < -0.3 is 14.5 Å². The molecule has 0 spiro atoms. The SMILES string of the molecule is Cc1ccc(C(C)C)c(OCc2ccc(C(=O)Nc3ccccc3Sc3ccccc3)o2)c1. The molecule has 0 radical (unpaired) electrons. The Balaban J connectivity index is 1.43. The molecule has 0 unspecified atom stereocenters. The summed E-state index contributed by atoms with van der Waals surface area (Å²) < 4.78 is 11.8. The van der Waals surface area contributed by atoms with E-state index < -0.39 is 0 Å². The highest BCUT2D eigenvalue weighted by Gasteiger charge is 2.15. The van der Waals surface area contributed by atoms with Gasteiger partial charge in [0.25, 0.3) is 5.91 Å². The van der Waals surface area contributed by atoms with Gasteiger partial charge in [0.2, 0.25) is 0 Å². The molecule has 4 rings (SSSR count). The Kier molecular flexibility index (Phi) is 7.20. The van der Waals surface area contributed by atoms with Crippen LogP contribution in [0, 0.1) is 6.92 Å². The van der Waals surface area contributed by atoms with Gasteiger partial charge in [0.05, 0.1) is 5.69 Å². The molecule has 0 aliphatic carbocycles. The first-order chi connectivity index (χ1) is 16.0. The van der Waals surface area contributed by atoms with Crippen molar-refractivity contribution < 1.29 is 13.9 Å². The highest BCUT2D eigenvalue weighted by Crippen LogP contribution is 2.33. The first-order valence-corrected chi connectivity index (χ1v) is 11.8. The molecule has 33 heavy (non-hydrogen) atoms. The van der Waals surface area contributed by atoms with Crippen LogP contribution >= 0.6 is 11.8 Å². The molecule has 0 atom stereocenters. The lowest BCUT2D eigenvalue weighted by Gasteiger charge is -2.14. The number of carbonyl (C=O) groups excluding carboxylic acids is 1. The number of furan rings is 1.